The molecule has 0 amide bonds. The van der Waals surface area contributed by atoms with Crippen molar-refractivity contribution in [2.24, 2.45) is 0 Å². The molecule has 0 atom stereocenters. The van der Waals surface area contributed by atoms with E-state index < -0.39 is 0 Å². The fourth-order valence-corrected chi connectivity index (χ4v) is 3.36. The topological polar surface area (TPSA) is 73.5 Å². The molecule has 0 bridgehead atoms. The number of aryl methyl sites for hydroxylation is 1. The van der Waals surface area contributed by atoms with Crippen molar-refractivity contribution in [1.82, 2.24) is 25.1 Å². The van der Waals surface area contributed by atoms with Crippen LogP contribution in [-0.4, -0.2) is 25.1 Å². The van der Waals surface area contributed by atoms with E-state index >= 15 is 0 Å². The summed E-state index contributed by atoms with van der Waals surface area (Å²) in [5, 5.41) is 8.70. The van der Waals surface area contributed by atoms with Crippen LogP contribution in [0.5, 0.6) is 0 Å². The molecule has 0 aliphatic carbocycles. The second-order valence-corrected chi connectivity index (χ2v) is 6.12. The van der Waals surface area contributed by atoms with E-state index in [2.05, 4.69) is 42.2 Å². The number of hydrogen-bond acceptors (Lipinski definition) is 4. The zero-order valence-corrected chi connectivity index (χ0v) is 13.2. The molecule has 1 aliphatic heterocycles. The Labute approximate surface area is 138 Å². The van der Waals surface area contributed by atoms with E-state index in [0.29, 0.717) is 0 Å². The third kappa shape index (κ3) is 2.00. The van der Waals surface area contributed by atoms with Gasteiger partial charge >= 0.3 is 0 Å². The third-order valence-electron chi connectivity index (χ3n) is 4.49. The van der Waals surface area contributed by atoms with Crippen LogP contribution in [0, 0.1) is 6.92 Å². The first-order chi connectivity index (χ1) is 11.8. The van der Waals surface area contributed by atoms with Gasteiger partial charge in [0.2, 0.25) is 0 Å². The van der Waals surface area contributed by atoms with Gasteiger partial charge in [0.25, 0.3) is 0 Å². The van der Waals surface area contributed by atoms with Crippen molar-refractivity contribution in [3.8, 4) is 11.3 Å². The summed E-state index contributed by atoms with van der Waals surface area (Å²) in [5.74, 6) is 1.92. The lowest BCUT2D eigenvalue weighted by atomic mass is 10.1. The molecule has 6 heteroatoms. The molecule has 5 rings (SSSR count). The Balaban J connectivity index is 1.52. The van der Waals surface area contributed by atoms with Gasteiger partial charge in [-0.1, -0.05) is 18.2 Å². The Morgan fingerprint density at radius 3 is 2.96 bits per heavy atom. The van der Waals surface area contributed by atoms with Gasteiger partial charge in [-0.25, -0.2) is 9.97 Å². The fourth-order valence-electron chi connectivity index (χ4n) is 3.36. The number of fused-ring (bicyclic) bond motifs is 2. The number of H-pyrrole nitrogens is 2. The van der Waals surface area contributed by atoms with Crippen LogP contribution < -0.4 is 4.90 Å². The molecule has 1 aliphatic rings. The minimum absolute atomic E-state index is 0.789. The Kier molecular flexibility index (Phi) is 2.73. The van der Waals surface area contributed by atoms with E-state index in [9.17, 15) is 0 Å². The Morgan fingerprint density at radius 2 is 2.04 bits per heavy atom. The zero-order chi connectivity index (χ0) is 16.1. The third-order valence-corrected chi connectivity index (χ3v) is 4.49. The second kappa shape index (κ2) is 4.92. The predicted molar refractivity (Wildman–Crippen MR) is 92.5 cm³/mol. The summed E-state index contributed by atoms with van der Waals surface area (Å²) in [6, 6.07) is 12.3. The smallest absolute Gasteiger partial charge is 0.129 e. The van der Waals surface area contributed by atoms with Crippen molar-refractivity contribution in [1.29, 1.82) is 0 Å². The normalized spacial score (nSPS) is 13.6. The molecule has 0 saturated carbocycles. The van der Waals surface area contributed by atoms with E-state index in [4.69, 9.17) is 0 Å². The van der Waals surface area contributed by atoms with Crippen LogP contribution in [-0.2, 0) is 13.1 Å². The van der Waals surface area contributed by atoms with Gasteiger partial charge in [-0.3, -0.25) is 5.10 Å². The van der Waals surface area contributed by atoms with Crippen LogP contribution in [0.3, 0.4) is 0 Å². The van der Waals surface area contributed by atoms with E-state index in [-0.39, 0.29) is 0 Å². The first-order valence-electron chi connectivity index (χ1n) is 7.97. The van der Waals surface area contributed by atoms with Crippen LogP contribution in [0.2, 0.25) is 0 Å². The molecule has 4 aromatic rings. The maximum Gasteiger partial charge on any atom is 0.129 e. The first-order valence-corrected chi connectivity index (χ1v) is 7.97. The van der Waals surface area contributed by atoms with E-state index in [1.54, 1.807) is 0 Å². The molecule has 3 aromatic heterocycles. The quantitative estimate of drug-likeness (QED) is 0.596. The largest absolute Gasteiger partial charge is 0.345 e. The van der Waals surface area contributed by atoms with Crippen molar-refractivity contribution in [3.05, 3.63) is 59.8 Å². The van der Waals surface area contributed by atoms with Crippen molar-refractivity contribution in [2.45, 2.75) is 20.0 Å². The Hall–Kier alpha value is -3.15. The fraction of sp³-hybridized carbons (Fsp3) is 0.167. The van der Waals surface area contributed by atoms with Crippen LogP contribution >= 0.6 is 0 Å². The highest BCUT2D eigenvalue weighted by atomic mass is 15.2. The number of nitrogens with zero attached hydrogens (tertiary/aromatic N) is 4. The first kappa shape index (κ1) is 13.3. The van der Waals surface area contributed by atoms with E-state index in [1.165, 1.54) is 5.69 Å². The molecule has 0 spiro atoms. The van der Waals surface area contributed by atoms with Gasteiger partial charge in [-0.2, -0.15) is 5.10 Å². The van der Waals surface area contributed by atoms with Gasteiger partial charge in [0.05, 0.1) is 30.0 Å². The molecule has 118 valence electrons. The molecule has 2 N–H and O–H groups in total. The summed E-state index contributed by atoms with van der Waals surface area (Å²) < 4.78 is 0. The number of anilines is 1. The zero-order valence-electron chi connectivity index (χ0n) is 13.2. The summed E-state index contributed by atoms with van der Waals surface area (Å²) in [7, 11) is 0. The number of imidazole rings is 1. The number of nitrogens with one attached hydrogen (secondary N) is 2. The predicted octanol–water partition coefficient (Wildman–Crippen LogP) is 3.18. The average Bonchev–Trinajstić information content (AvgIpc) is 3.27. The Bertz CT molecular complexity index is 1020. The van der Waals surface area contributed by atoms with Gasteiger partial charge in [0, 0.05) is 17.1 Å². The number of rotatable bonds is 2. The molecule has 4 heterocycles. The van der Waals surface area contributed by atoms with Crippen molar-refractivity contribution < 1.29 is 0 Å². The number of aromatic amines is 2. The van der Waals surface area contributed by atoms with Crippen LogP contribution in [0.4, 0.5) is 5.82 Å². The number of benzene rings is 1. The number of para-hydroxylation sites is 1. The lowest BCUT2D eigenvalue weighted by Gasteiger charge is -2.16. The summed E-state index contributed by atoms with van der Waals surface area (Å²) in [4.78, 5) is 14.6. The van der Waals surface area contributed by atoms with Gasteiger partial charge in [-0.05, 0) is 25.1 Å². The van der Waals surface area contributed by atoms with Gasteiger partial charge in [0.15, 0.2) is 0 Å². The van der Waals surface area contributed by atoms with Gasteiger partial charge < -0.3 is 9.88 Å². The molecule has 1 aromatic carbocycles. The molecular formula is C18H16N6. The van der Waals surface area contributed by atoms with E-state index in [0.717, 1.165) is 52.6 Å². The van der Waals surface area contributed by atoms with Crippen molar-refractivity contribution >= 4 is 16.7 Å². The summed E-state index contributed by atoms with van der Waals surface area (Å²) in [6.45, 7) is 3.59. The molecule has 0 unspecified atom stereocenters. The lowest BCUT2D eigenvalue weighted by Crippen LogP contribution is -2.16. The highest BCUT2D eigenvalue weighted by Crippen LogP contribution is 2.30. The summed E-state index contributed by atoms with van der Waals surface area (Å²) in [5.41, 5.74) is 5.37. The molecule has 6 nitrogen and oxygen atoms in total. The highest BCUT2D eigenvalue weighted by molar-refractivity contribution is 5.93. The highest BCUT2D eigenvalue weighted by Gasteiger charge is 2.23. The molecule has 24 heavy (non-hydrogen) atoms. The van der Waals surface area contributed by atoms with Crippen LogP contribution in [0.15, 0.2) is 42.6 Å². The number of hydrogen-bond donors (Lipinski definition) is 2. The van der Waals surface area contributed by atoms with Crippen molar-refractivity contribution in [2.75, 3.05) is 4.90 Å². The van der Waals surface area contributed by atoms with Crippen molar-refractivity contribution in [3.63, 3.8) is 0 Å². The van der Waals surface area contributed by atoms with Crippen LogP contribution in [0.25, 0.3) is 22.2 Å². The molecule has 0 radical (unpaired) electrons. The minimum Gasteiger partial charge on any atom is -0.345 e. The second-order valence-electron chi connectivity index (χ2n) is 6.12. The molecular weight excluding hydrogens is 300 g/mol. The molecule has 0 saturated heterocycles. The van der Waals surface area contributed by atoms with E-state index in [1.807, 2.05) is 37.4 Å². The lowest BCUT2D eigenvalue weighted by molar-refractivity contribution is 0.824. The number of pyridine rings is 1. The summed E-state index contributed by atoms with van der Waals surface area (Å²) >= 11 is 0. The maximum atomic E-state index is 4.54. The summed E-state index contributed by atoms with van der Waals surface area (Å²) in [6.07, 6.45) is 1.85. The van der Waals surface area contributed by atoms with Gasteiger partial charge in [-0.15, -0.1) is 0 Å². The average molecular weight is 316 g/mol. The van der Waals surface area contributed by atoms with Crippen LogP contribution in [0.1, 0.15) is 17.2 Å². The minimum atomic E-state index is 0.789. The monoisotopic (exact) mass is 316 g/mol. The number of aromatic nitrogens is 5. The maximum absolute atomic E-state index is 4.54. The Morgan fingerprint density at radius 1 is 1.12 bits per heavy atom. The SMILES string of the molecule is Cc1nc2c([nH]1)CN(c1cc(-c3n[nH]c4ccccc34)ccn1)C2. The molecule has 0 fully saturated rings. The standard InChI is InChI=1S/C18H16N6/c1-11-20-15-9-24(10-16(15)21-11)17-8-12(6-7-19-17)18-13-4-2-3-5-14(13)22-23-18/h2-8H,9-10H2,1H3,(H,20,21)(H,22,23). The van der Waals surface area contributed by atoms with Gasteiger partial charge in [0.1, 0.15) is 17.3 Å².